The lowest BCUT2D eigenvalue weighted by Gasteiger charge is -2.12. The zero-order valence-electron chi connectivity index (χ0n) is 10.9. The van der Waals surface area contributed by atoms with Gasteiger partial charge in [-0.15, -0.1) is 0 Å². The number of anilines is 2. The number of aryl methyl sites for hydroxylation is 1. The maximum absolute atomic E-state index is 12.0. The van der Waals surface area contributed by atoms with Gasteiger partial charge in [-0.05, 0) is 48.7 Å². The molecule has 0 spiro atoms. The fourth-order valence-electron chi connectivity index (χ4n) is 1.58. The summed E-state index contributed by atoms with van der Waals surface area (Å²) < 4.78 is 27.1. The first-order valence-corrected chi connectivity index (χ1v) is 8.29. The van der Waals surface area contributed by atoms with Crippen molar-refractivity contribution in [3.63, 3.8) is 0 Å². The van der Waals surface area contributed by atoms with Crippen molar-refractivity contribution in [2.75, 3.05) is 12.4 Å². The number of halogens is 1. The standard InChI is InChI=1S/C12H13IN4O2S/c1-8-15-7-9(13)12(16-8)17-10-5-3-4-6-11(10)20(18,19)14-2/h3-7,14H,1-2H3,(H,15,16,17). The Labute approximate surface area is 131 Å². The van der Waals surface area contributed by atoms with E-state index in [-0.39, 0.29) is 4.90 Å². The van der Waals surface area contributed by atoms with E-state index in [4.69, 9.17) is 0 Å². The van der Waals surface area contributed by atoms with Crippen LogP contribution < -0.4 is 10.0 Å². The van der Waals surface area contributed by atoms with Crippen molar-refractivity contribution >= 4 is 44.1 Å². The van der Waals surface area contributed by atoms with Crippen LogP contribution >= 0.6 is 22.6 Å². The summed E-state index contributed by atoms with van der Waals surface area (Å²) in [6.07, 6.45) is 1.68. The molecule has 0 unspecified atom stereocenters. The van der Waals surface area contributed by atoms with Gasteiger partial charge >= 0.3 is 0 Å². The number of sulfonamides is 1. The van der Waals surface area contributed by atoms with E-state index in [0.29, 0.717) is 17.3 Å². The van der Waals surface area contributed by atoms with E-state index in [1.165, 1.54) is 13.1 Å². The average Bonchev–Trinajstić information content (AvgIpc) is 2.43. The minimum absolute atomic E-state index is 0.176. The second-order valence-electron chi connectivity index (χ2n) is 3.94. The lowest BCUT2D eigenvalue weighted by atomic mass is 10.3. The predicted molar refractivity (Wildman–Crippen MR) is 85.5 cm³/mol. The fraction of sp³-hybridized carbons (Fsp3) is 0.167. The van der Waals surface area contributed by atoms with Gasteiger partial charge in [0, 0.05) is 6.20 Å². The molecule has 2 N–H and O–H groups in total. The van der Waals surface area contributed by atoms with E-state index in [2.05, 4.69) is 42.6 Å². The van der Waals surface area contributed by atoms with Gasteiger partial charge in [0.25, 0.3) is 0 Å². The van der Waals surface area contributed by atoms with E-state index in [1.54, 1.807) is 31.3 Å². The van der Waals surface area contributed by atoms with Crippen molar-refractivity contribution < 1.29 is 8.42 Å². The van der Waals surface area contributed by atoms with Crippen LogP contribution in [0.15, 0.2) is 35.4 Å². The van der Waals surface area contributed by atoms with Gasteiger partial charge in [-0.1, -0.05) is 12.1 Å². The minimum Gasteiger partial charge on any atom is -0.338 e. The van der Waals surface area contributed by atoms with Gasteiger partial charge in [0.15, 0.2) is 0 Å². The Bertz CT molecular complexity index is 734. The lowest BCUT2D eigenvalue weighted by molar-refractivity contribution is 0.588. The van der Waals surface area contributed by atoms with Crippen LogP contribution in [0.4, 0.5) is 11.5 Å². The van der Waals surface area contributed by atoms with Crippen LogP contribution in [0, 0.1) is 10.5 Å². The molecule has 0 fully saturated rings. The number of benzene rings is 1. The molecule has 1 aromatic heterocycles. The summed E-state index contributed by atoms with van der Waals surface area (Å²) in [6, 6.07) is 6.66. The number of aromatic nitrogens is 2. The van der Waals surface area contributed by atoms with Crippen molar-refractivity contribution in [1.82, 2.24) is 14.7 Å². The van der Waals surface area contributed by atoms with Gasteiger partial charge in [0.2, 0.25) is 10.0 Å². The third-order valence-corrected chi connectivity index (χ3v) is 4.82. The average molecular weight is 404 g/mol. The topological polar surface area (TPSA) is 84.0 Å². The quantitative estimate of drug-likeness (QED) is 0.763. The fourth-order valence-corrected chi connectivity index (χ4v) is 2.87. The van der Waals surface area contributed by atoms with E-state index in [9.17, 15) is 8.42 Å². The molecule has 0 aliphatic rings. The molecule has 0 bridgehead atoms. The molecule has 0 radical (unpaired) electrons. The summed E-state index contributed by atoms with van der Waals surface area (Å²) in [5, 5.41) is 3.04. The number of para-hydroxylation sites is 1. The Morgan fingerprint density at radius 1 is 1.25 bits per heavy atom. The molecule has 0 atom stereocenters. The molecule has 6 nitrogen and oxygen atoms in total. The number of rotatable bonds is 4. The van der Waals surface area contributed by atoms with Crippen LogP contribution in [-0.2, 0) is 10.0 Å². The molecule has 8 heteroatoms. The molecular formula is C12H13IN4O2S. The molecule has 1 aromatic carbocycles. The van der Waals surface area contributed by atoms with Gasteiger partial charge in [-0.3, -0.25) is 0 Å². The van der Waals surface area contributed by atoms with E-state index >= 15 is 0 Å². The van der Waals surface area contributed by atoms with E-state index in [0.717, 1.165) is 3.57 Å². The minimum atomic E-state index is -3.53. The van der Waals surface area contributed by atoms with E-state index < -0.39 is 10.0 Å². The first kappa shape index (κ1) is 15.1. The number of nitrogens with one attached hydrogen (secondary N) is 2. The zero-order valence-corrected chi connectivity index (χ0v) is 13.9. The predicted octanol–water partition coefficient (Wildman–Crippen LogP) is 2.04. The van der Waals surface area contributed by atoms with Crippen LogP contribution in [0.25, 0.3) is 0 Å². The highest BCUT2D eigenvalue weighted by atomic mass is 127. The van der Waals surface area contributed by atoms with Gasteiger partial charge in [-0.2, -0.15) is 0 Å². The molecule has 1 heterocycles. The summed E-state index contributed by atoms with van der Waals surface area (Å²) in [5.74, 6) is 1.19. The second kappa shape index (κ2) is 6.02. The van der Waals surface area contributed by atoms with Crippen molar-refractivity contribution in [3.8, 4) is 0 Å². The van der Waals surface area contributed by atoms with Crippen molar-refractivity contribution in [1.29, 1.82) is 0 Å². The maximum Gasteiger partial charge on any atom is 0.242 e. The van der Waals surface area contributed by atoms with Crippen molar-refractivity contribution in [3.05, 3.63) is 39.9 Å². The third kappa shape index (κ3) is 3.25. The normalized spacial score (nSPS) is 11.3. The molecule has 0 aliphatic heterocycles. The van der Waals surface area contributed by atoms with Crippen LogP contribution in [0.2, 0.25) is 0 Å². The first-order chi connectivity index (χ1) is 9.44. The molecule has 2 rings (SSSR count). The Balaban J connectivity index is 2.47. The van der Waals surface area contributed by atoms with Crippen molar-refractivity contribution in [2.24, 2.45) is 0 Å². The monoisotopic (exact) mass is 404 g/mol. The Kier molecular flexibility index (Phi) is 4.55. The maximum atomic E-state index is 12.0. The number of nitrogens with zero attached hydrogens (tertiary/aromatic N) is 2. The van der Waals surface area contributed by atoms with Crippen LogP contribution in [0.1, 0.15) is 5.82 Å². The highest BCUT2D eigenvalue weighted by Gasteiger charge is 2.17. The summed E-state index contributed by atoms with van der Waals surface area (Å²) >= 11 is 2.09. The Morgan fingerprint density at radius 2 is 1.95 bits per heavy atom. The molecule has 2 aromatic rings. The summed E-state index contributed by atoms with van der Waals surface area (Å²) in [7, 11) is -2.15. The third-order valence-electron chi connectivity index (χ3n) is 2.56. The van der Waals surface area contributed by atoms with Crippen LogP contribution in [-0.4, -0.2) is 25.4 Å². The largest absolute Gasteiger partial charge is 0.338 e. The molecule has 106 valence electrons. The molecule has 0 amide bonds. The number of hydrogen-bond donors (Lipinski definition) is 2. The second-order valence-corrected chi connectivity index (χ2v) is 6.96. The lowest BCUT2D eigenvalue weighted by Crippen LogP contribution is -2.19. The highest BCUT2D eigenvalue weighted by Crippen LogP contribution is 2.25. The zero-order chi connectivity index (χ0) is 14.8. The smallest absolute Gasteiger partial charge is 0.242 e. The first-order valence-electron chi connectivity index (χ1n) is 5.73. The highest BCUT2D eigenvalue weighted by molar-refractivity contribution is 14.1. The summed E-state index contributed by atoms with van der Waals surface area (Å²) in [4.78, 5) is 8.53. The van der Waals surface area contributed by atoms with Gasteiger partial charge in [0.05, 0.1) is 9.26 Å². The number of hydrogen-bond acceptors (Lipinski definition) is 5. The van der Waals surface area contributed by atoms with Crippen LogP contribution in [0.3, 0.4) is 0 Å². The Morgan fingerprint density at radius 3 is 2.65 bits per heavy atom. The van der Waals surface area contributed by atoms with Gasteiger partial charge in [0.1, 0.15) is 16.5 Å². The summed E-state index contributed by atoms with van der Waals surface area (Å²) in [6.45, 7) is 1.78. The molecule has 0 saturated heterocycles. The molecule has 0 aliphatic carbocycles. The van der Waals surface area contributed by atoms with E-state index in [1.807, 2.05) is 0 Å². The van der Waals surface area contributed by atoms with Gasteiger partial charge in [-0.25, -0.2) is 23.1 Å². The summed E-state index contributed by atoms with van der Waals surface area (Å²) in [5.41, 5.74) is 0.470. The molecule has 20 heavy (non-hydrogen) atoms. The van der Waals surface area contributed by atoms with Crippen LogP contribution in [0.5, 0.6) is 0 Å². The van der Waals surface area contributed by atoms with Crippen molar-refractivity contribution in [2.45, 2.75) is 11.8 Å². The molecular weight excluding hydrogens is 391 g/mol. The van der Waals surface area contributed by atoms with Gasteiger partial charge < -0.3 is 5.32 Å². The Hall–Kier alpha value is -1.26. The molecule has 0 saturated carbocycles. The SMILES string of the molecule is CNS(=O)(=O)c1ccccc1Nc1nc(C)ncc1I.